The van der Waals surface area contributed by atoms with E-state index in [1.165, 1.54) is 4.31 Å². The Morgan fingerprint density at radius 2 is 2.36 bits per heavy atom. The van der Waals surface area contributed by atoms with Gasteiger partial charge in [0, 0.05) is 19.7 Å². The predicted molar refractivity (Wildman–Crippen MR) is 42.2 cm³/mol. The van der Waals surface area contributed by atoms with Crippen LogP contribution < -0.4 is 0 Å². The summed E-state index contributed by atoms with van der Waals surface area (Å²) < 4.78 is 20.8. The van der Waals surface area contributed by atoms with Crippen molar-refractivity contribution in [1.29, 1.82) is 0 Å². The molecule has 0 bridgehead atoms. The van der Waals surface area contributed by atoms with Crippen LogP contribution in [0.1, 0.15) is 12.8 Å². The molecule has 2 atom stereocenters. The van der Waals surface area contributed by atoms with E-state index in [-0.39, 0.29) is 12.5 Å². The number of hydrogen-bond donors (Lipinski definition) is 2. The molecule has 0 amide bonds. The Kier molecular flexibility index (Phi) is 3.45. The van der Waals surface area contributed by atoms with E-state index in [0.29, 0.717) is 13.1 Å². The number of aliphatic hydroxyl groups excluding tert-OH is 1. The Balaban J connectivity index is 2.39. The van der Waals surface area contributed by atoms with Gasteiger partial charge in [0.05, 0.1) is 0 Å². The number of piperidine rings is 1. The highest BCUT2D eigenvalue weighted by Crippen LogP contribution is 2.16. The molecule has 4 nitrogen and oxygen atoms in total. The lowest BCUT2D eigenvalue weighted by atomic mass is 10.0. The van der Waals surface area contributed by atoms with Crippen molar-refractivity contribution < 1.29 is 13.9 Å². The highest BCUT2D eigenvalue weighted by molar-refractivity contribution is 7.76. The molecule has 5 heteroatoms. The highest BCUT2D eigenvalue weighted by atomic mass is 32.2. The molecule has 0 aromatic heterocycles. The Morgan fingerprint density at radius 3 is 2.91 bits per heavy atom. The Labute approximate surface area is 68.6 Å². The molecule has 0 aromatic rings. The third kappa shape index (κ3) is 2.52. The van der Waals surface area contributed by atoms with Crippen molar-refractivity contribution in [2.24, 2.45) is 5.92 Å². The van der Waals surface area contributed by atoms with E-state index in [1.54, 1.807) is 0 Å². The summed E-state index contributed by atoms with van der Waals surface area (Å²) in [4.78, 5) is 0. The zero-order valence-corrected chi connectivity index (χ0v) is 7.09. The quantitative estimate of drug-likeness (QED) is 0.578. The summed E-state index contributed by atoms with van der Waals surface area (Å²) in [6.45, 7) is 1.33. The molecule has 0 radical (unpaired) electrons. The fraction of sp³-hybridized carbons (Fsp3) is 1.00. The summed E-state index contributed by atoms with van der Waals surface area (Å²) in [6.07, 6.45) is 1.86. The second-order valence-electron chi connectivity index (χ2n) is 2.81. The molecule has 66 valence electrons. The zero-order valence-electron chi connectivity index (χ0n) is 6.27. The summed E-state index contributed by atoms with van der Waals surface area (Å²) in [7, 11) is 0. The van der Waals surface area contributed by atoms with Crippen molar-refractivity contribution >= 4 is 11.3 Å². The summed E-state index contributed by atoms with van der Waals surface area (Å²) in [6, 6.07) is 0. The van der Waals surface area contributed by atoms with Gasteiger partial charge in [-0.1, -0.05) is 0 Å². The van der Waals surface area contributed by atoms with Crippen molar-refractivity contribution in [1.82, 2.24) is 4.31 Å². The van der Waals surface area contributed by atoms with Crippen LogP contribution in [0.25, 0.3) is 0 Å². The molecule has 1 rings (SSSR count). The van der Waals surface area contributed by atoms with Crippen molar-refractivity contribution in [3.63, 3.8) is 0 Å². The highest BCUT2D eigenvalue weighted by Gasteiger charge is 2.21. The lowest BCUT2D eigenvalue weighted by Gasteiger charge is -2.28. The third-order valence-electron chi connectivity index (χ3n) is 1.96. The molecule has 1 heterocycles. The number of aliphatic hydroxyl groups is 1. The molecule has 11 heavy (non-hydrogen) atoms. The van der Waals surface area contributed by atoms with Crippen LogP contribution >= 0.6 is 0 Å². The van der Waals surface area contributed by atoms with Gasteiger partial charge in [-0.3, -0.25) is 4.55 Å². The summed E-state index contributed by atoms with van der Waals surface area (Å²) in [5.41, 5.74) is 0. The van der Waals surface area contributed by atoms with Crippen LogP contribution in [0.5, 0.6) is 0 Å². The number of nitrogens with zero attached hydrogens (tertiary/aromatic N) is 1. The van der Waals surface area contributed by atoms with Gasteiger partial charge < -0.3 is 5.11 Å². The van der Waals surface area contributed by atoms with Gasteiger partial charge in [-0.05, 0) is 18.8 Å². The zero-order chi connectivity index (χ0) is 8.27. The van der Waals surface area contributed by atoms with E-state index >= 15 is 0 Å². The Morgan fingerprint density at radius 1 is 1.64 bits per heavy atom. The second kappa shape index (κ2) is 4.15. The van der Waals surface area contributed by atoms with Crippen LogP contribution in [-0.2, 0) is 11.3 Å². The first-order valence-electron chi connectivity index (χ1n) is 3.71. The second-order valence-corrected chi connectivity index (χ2v) is 3.79. The summed E-state index contributed by atoms with van der Waals surface area (Å²) >= 11 is -1.85. The van der Waals surface area contributed by atoms with Gasteiger partial charge in [0.15, 0.2) is 0 Å². The minimum absolute atomic E-state index is 0.119. The van der Waals surface area contributed by atoms with Gasteiger partial charge in [0.2, 0.25) is 11.3 Å². The van der Waals surface area contributed by atoms with E-state index in [1.807, 2.05) is 0 Å². The first-order valence-corrected chi connectivity index (χ1v) is 4.77. The van der Waals surface area contributed by atoms with E-state index in [9.17, 15) is 4.21 Å². The van der Waals surface area contributed by atoms with Gasteiger partial charge in [0.1, 0.15) is 0 Å². The summed E-state index contributed by atoms with van der Waals surface area (Å²) in [5, 5.41) is 8.78. The fourth-order valence-electron chi connectivity index (χ4n) is 1.32. The topological polar surface area (TPSA) is 60.8 Å². The van der Waals surface area contributed by atoms with E-state index in [4.69, 9.17) is 9.66 Å². The minimum atomic E-state index is -1.85. The minimum Gasteiger partial charge on any atom is -0.396 e. The van der Waals surface area contributed by atoms with E-state index < -0.39 is 11.3 Å². The SMILES string of the molecule is O=S(O)N1CCCC(CO)C1. The number of rotatable bonds is 2. The maximum Gasteiger partial charge on any atom is 0.234 e. The Bertz CT molecular complexity index is 153. The van der Waals surface area contributed by atoms with Gasteiger partial charge >= 0.3 is 0 Å². The summed E-state index contributed by atoms with van der Waals surface area (Å²) in [5.74, 6) is 0.180. The molecule has 1 aliphatic rings. The molecule has 0 aliphatic carbocycles. The lowest BCUT2D eigenvalue weighted by Crippen LogP contribution is -2.37. The maximum absolute atomic E-state index is 10.6. The van der Waals surface area contributed by atoms with Gasteiger partial charge in [-0.25, -0.2) is 8.51 Å². The average molecular weight is 179 g/mol. The van der Waals surface area contributed by atoms with Crippen LogP contribution in [-0.4, -0.2) is 37.9 Å². The normalized spacial score (nSPS) is 30.2. The van der Waals surface area contributed by atoms with Gasteiger partial charge in [0.25, 0.3) is 0 Å². The first kappa shape index (κ1) is 9.12. The molecule has 2 N–H and O–H groups in total. The van der Waals surface area contributed by atoms with Crippen LogP contribution in [0, 0.1) is 5.92 Å². The predicted octanol–water partition coefficient (Wildman–Crippen LogP) is -0.173. The molecular weight excluding hydrogens is 166 g/mol. The molecule has 0 spiro atoms. The van der Waals surface area contributed by atoms with Crippen molar-refractivity contribution in [2.75, 3.05) is 19.7 Å². The van der Waals surface area contributed by atoms with Gasteiger partial charge in [-0.15, -0.1) is 0 Å². The molecule has 1 saturated heterocycles. The molecule has 2 unspecified atom stereocenters. The lowest BCUT2D eigenvalue weighted by molar-refractivity contribution is 0.164. The van der Waals surface area contributed by atoms with E-state index in [0.717, 1.165) is 12.8 Å². The van der Waals surface area contributed by atoms with Crippen LogP contribution in [0.2, 0.25) is 0 Å². The van der Waals surface area contributed by atoms with Crippen LogP contribution in [0.15, 0.2) is 0 Å². The first-order chi connectivity index (χ1) is 5.24. The molecule has 0 saturated carbocycles. The molecule has 0 aromatic carbocycles. The molecule has 1 fully saturated rings. The number of hydrogen-bond acceptors (Lipinski definition) is 2. The molecule has 1 aliphatic heterocycles. The maximum atomic E-state index is 10.6. The van der Waals surface area contributed by atoms with E-state index in [2.05, 4.69) is 0 Å². The smallest absolute Gasteiger partial charge is 0.234 e. The molecular formula is C6H13NO3S. The van der Waals surface area contributed by atoms with Crippen molar-refractivity contribution in [3.05, 3.63) is 0 Å². The third-order valence-corrected chi connectivity index (χ3v) is 2.73. The fourth-order valence-corrected chi connectivity index (χ4v) is 1.94. The van der Waals surface area contributed by atoms with Crippen LogP contribution in [0.4, 0.5) is 0 Å². The van der Waals surface area contributed by atoms with Crippen molar-refractivity contribution in [2.45, 2.75) is 12.8 Å². The monoisotopic (exact) mass is 179 g/mol. The van der Waals surface area contributed by atoms with Crippen molar-refractivity contribution in [3.8, 4) is 0 Å². The standard InChI is InChI=1S/C6H13NO3S/c8-5-6-2-1-3-7(4-6)11(9)10/h6,8H,1-5H2,(H,9,10). The van der Waals surface area contributed by atoms with Gasteiger partial charge in [-0.2, -0.15) is 0 Å². The average Bonchev–Trinajstić information content (AvgIpc) is 2.05. The van der Waals surface area contributed by atoms with Crippen LogP contribution in [0.3, 0.4) is 0 Å². The largest absolute Gasteiger partial charge is 0.396 e. The Hall–Kier alpha value is 0.0300.